The number of benzene rings is 10. The van der Waals surface area contributed by atoms with Gasteiger partial charge in [-0.1, -0.05) is 178 Å². The Bertz CT molecular complexity index is 3120. The van der Waals surface area contributed by atoms with E-state index in [0.29, 0.717) is 0 Å². The maximum absolute atomic E-state index is 2.58. The first kappa shape index (κ1) is 40.9. The number of para-hydroxylation sites is 2. The van der Waals surface area contributed by atoms with E-state index in [1.54, 1.807) is 0 Å². The molecule has 314 valence electrons. The van der Waals surface area contributed by atoms with Crippen molar-refractivity contribution in [1.82, 2.24) is 0 Å². The van der Waals surface area contributed by atoms with Crippen LogP contribution in [0.5, 0.6) is 0 Å². The second kappa shape index (κ2) is 15.9. The lowest BCUT2D eigenvalue weighted by atomic mass is 9.83. The Morgan fingerprint density at radius 3 is 1.11 bits per heavy atom. The summed E-state index contributed by atoms with van der Waals surface area (Å²) >= 11 is 0. The highest BCUT2D eigenvalue weighted by Gasteiger charge is 2.29. The van der Waals surface area contributed by atoms with Crippen LogP contribution in [0.1, 0.15) is 59.7 Å². The van der Waals surface area contributed by atoms with Crippen LogP contribution in [-0.2, 0) is 5.41 Å². The van der Waals surface area contributed by atoms with Crippen molar-refractivity contribution in [3.8, 4) is 22.3 Å². The van der Waals surface area contributed by atoms with Crippen molar-refractivity contribution in [3.63, 3.8) is 0 Å². The lowest BCUT2D eigenvalue weighted by Gasteiger charge is -2.36. The highest BCUT2D eigenvalue weighted by Crippen LogP contribution is 2.53. The van der Waals surface area contributed by atoms with Gasteiger partial charge in [-0.2, -0.15) is 0 Å². The summed E-state index contributed by atoms with van der Waals surface area (Å²) in [6.45, 7) is 20.5. The molecule has 0 aliphatic rings. The van der Waals surface area contributed by atoms with E-state index in [0.717, 1.165) is 22.7 Å². The van der Waals surface area contributed by atoms with Crippen molar-refractivity contribution in [2.24, 2.45) is 0 Å². The monoisotopic (exact) mass is 828 g/mol. The summed E-state index contributed by atoms with van der Waals surface area (Å²) in [7, 11) is 0. The summed E-state index contributed by atoms with van der Waals surface area (Å²) < 4.78 is 0. The average Bonchev–Trinajstić information content (AvgIpc) is 3.29. The van der Waals surface area contributed by atoms with Gasteiger partial charge in [0.15, 0.2) is 0 Å². The third kappa shape index (κ3) is 6.99. The molecular weight excluding hydrogens is 773 g/mol. The molecule has 64 heavy (non-hydrogen) atoms. The molecule has 0 spiro atoms. The van der Waals surface area contributed by atoms with Gasteiger partial charge in [0.05, 0.1) is 22.7 Å². The van der Waals surface area contributed by atoms with E-state index in [2.05, 4.69) is 248 Å². The lowest BCUT2D eigenvalue weighted by Crippen LogP contribution is -2.18. The second-order valence-electron chi connectivity index (χ2n) is 18.9. The smallest absolute Gasteiger partial charge is 0.0561 e. The van der Waals surface area contributed by atoms with Crippen LogP contribution in [0, 0.1) is 41.5 Å². The summed E-state index contributed by atoms with van der Waals surface area (Å²) in [4.78, 5) is 5.16. The van der Waals surface area contributed by atoms with Gasteiger partial charge in [0.2, 0.25) is 0 Å². The van der Waals surface area contributed by atoms with E-state index in [9.17, 15) is 0 Å². The predicted molar refractivity (Wildman–Crippen MR) is 278 cm³/mol. The third-order valence-electron chi connectivity index (χ3n) is 13.5. The van der Waals surface area contributed by atoms with Crippen LogP contribution in [0.2, 0.25) is 0 Å². The molecule has 0 aliphatic carbocycles. The van der Waals surface area contributed by atoms with Crippen LogP contribution in [0.4, 0.5) is 34.1 Å². The molecule has 10 aromatic rings. The molecule has 10 rings (SSSR count). The Balaban J connectivity index is 1.39. The van der Waals surface area contributed by atoms with Crippen molar-refractivity contribution in [2.45, 2.75) is 67.7 Å². The zero-order valence-electron chi connectivity index (χ0n) is 38.6. The molecule has 0 saturated heterocycles. The molecule has 2 nitrogen and oxygen atoms in total. The lowest BCUT2D eigenvalue weighted by molar-refractivity contribution is 0.591. The number of hydrogen-bond donors (Lipinski definition) is 0. The number of anilines is 6. The Morgan fingerprint density at radius 2 is 0.719 bits per heavy atom. The van der Waals surface area contributed by atoms with Gasteiger partial charge in [-0.3, -0.25) is 0 Å². The minimum Gasteiger partial charge on any atom is -0.309 e. The number of rotatable bonds is 8. The van der Waals surface area contributed by atoms with Gasteiger partial charge < -0.3 is 9.80 Å². The molecule has 0 atom stereocenters. The zero-order chi connectivity index (χ0) is 44.4. The minimum absolute atomic E-state index is 0.00168. The highest BCUT2D eigenvalue weighted by atomic mass is 15.2. The van der Waals surface area contributed by atoms with Gasteiger partial charge in [-0.25, -0.2) is 0 Å². The largest absolute Gasteiger partial charge is 0.309 e. The summed E-state index contributed by atoms with van der Waals surface area (Å²) in [6.07, 6.45) is 0. The molecule has 0 aliphatic heterocycles. The standard InChI is InChI=1S/C62H56N2/c1-39-26-28-47(45-22-12-10-13-23-45)36-54(39)63(60-41(3)18-16-19-42(60)4)56-38-57(53-33-31-50-35-51(62(7,8)9)34-49-30-32-52(56)59(53)58(49)50)64(61-43(5)20-17-21-44(61)6)55-37-48(29-27-40(55)2)46-24-14-11-15-25-46/h10-38H,1-9H3. The van der Waals surface area contributed by atoms with Crippen molar-refractivity contribution in [1.29, 1.82) is 0 Å². The number of hydrogen-bond acceptors (Lipinski definition) is 2. The maximum Gasteiger partial charge on any atom is 0.0561 e. The fourth-order valence-corrected chi connectivity index (χ4v) is 10.1. The van der Waals surface area contributed by atoms with Crippen LogP contribution >= 0.6 is 0 Å². The van der Waals surface area contributed by atoms with Crippen LogP contribution < -0.4 is 9.80 Å². The molecule has 0 saturated carbocycles. The molecular formula is C62H56N2. The van der Waals surface area contributed by atoms with Crippen molar-refractivity contribution >= 4 is 66.4 Å². The number of nitrogens with zero attached hydrogens (tertiary/aromatic N) is 2. The Labute approximate surface area is 379 Å². The summed E-state index contributed by atoms with van der Waals surface area (Å²) in [6, 6.07) is 65.8. The first-order valence-corrected chi connectivity index (χ1v) is 22.7. The van der Waals surface area contributed by atoms with Gasteiger partial charge in [-0.15, -0.1) is 0 Å². The number of aryl methyl sites for hydroxylation is 6. The SMILES string of the molecule is Cc1ccc(-c2ccccc2)cc1N(c1c(C)cccc1C)c1cc(N(c2cc(-c3ccccc3)ccc2C)c2c(C)cccc2C)c2ccc3cc(C(C)(C)C)cc4ccc1c2c43. The van der Waals surface area contributed by atoms with Crippen LogP contribution in [0.15, 0.2) is 176 Å². The molecule has 0 N–H and O–H groups in total. The molecule has 0 aromatic heterocycles. The normalized spacial score (nSPS) is 11.8. The van der Waals surface area contributed by atoms with Crippen LogP contribution in [0.25, 0.3) is 54.6 Å². The van der Waals surface area contributed by atoms with E-state index in [4.69, 9.17) is 0 Å². The van der Waals surface area contributed by atoms with Gasteiger partial charge in [0.25, 0.3) is 0 Å². The van der Waals surface area contributed by atoms with Gasteiger partial charge in [0.1, 0.15) is 0 Å². The van der Waals surface area contributed by atoms with Crippen LogP contribution in [-0.4, -0.2) is 0 Å². The molecule has 2 heteroatoms. The second-order valence-corrected chi connectivity index (χ2v) is 18.9. The van der Waals surface area contributed by atoms with Crippen molar-refractivity contribution in [3.05, 3.63) is 215 Å². The summed E-state index contributed by atoms with van der Waals surface area (Å²) in [5, 5.41) is 7.57. The zero-order valence-corrected chi connectivity index (χ0v) is 38.6. The Morgan fingerprint density at radius 1 is 0.312 bits per heavy atom. The van der Waals surface area contributed by atoms with Crippen molar-refractivity contribution in [2.75, 3.05) is 9.80 Å². The van der Waals surface area contributed by atoms with Gasteiger partial charge >= 0.3 is 0 Å². The molecule has 10 aromatic carbocycles. The molecule has 0 radical (unpaired) electrons. The maximum atomic E-state index is 2.58. The molecule has 0 fully saturated rings. The summed E-state index contributed by atoms with van der Waals surface area (Å²) in [5.74, 6) is 0. The minimum atomic E-state index is 0.00168. The molecule has 0 heterocycles. The first-order chi connectivity index (χ1) is 30.9. The fourth-order valence-electron chi connectivity index (χ4n) is 10.1. The topological polar surface area (TPSA) is 6.48 Å². The third-order valence-corrected chi connectivity index (χ3v) is 13.5. The molecule has 0 unspecified atom stereocenters. The summed E-state index contributed by atoms with van der Waals surface area (Å²) in [5.41, 5.74) is 20.5. The predicted octanol–water partition coefficient (Wildman–Crippen LogP) is 18.0. The first-order valence-electron chi connectivity index (χ1n) is 22.7. The highest BCUT2D eigenvalue weighted by molar-refractivity contribution is 6.29. The van der Waals surface area contributed by atoms with E-state index in [1.807, 2.05) is 0 Å². The average molecular weight is 829 g/mol. The molecule has 0 amide bonds. The van der Waals surface area contributed by atoms with Crippen LogP contribution in [0.3, 0.4) is 0 Å². The van der Waals surface area contributed by atoms with Gasteiger partial charge in [0, 0.05) is 27.5 Å². The molecule has 0 bridgehead atoms. The Hall–Kier alpha value is -7.16. The van der Waals surface area contributed by atoms with E-state index in [-0.39, 0.29) is 5.41 Å². The Kier molecular flexibility index (Phi) is 10.1. The quantitative estimate of drug-likeness (QED) is 0.141. The van der Waals surface area contributed by atoms with E-state index in [1.165, 1.54) is 105 Å². The van der Waals surface area contributed by atoms with Gasteiger partial charge in [-0.05, 0) is 143 Å². The van der Waals surface area contributed by atoms with E-state index >= 15 is 0 Å². The fraction of sp³-hybridized carbons (Fsp3) is 0.161. The van der Waals surface area contributed by atoms with E-state index < -0.39 is 0 Å². The van der Waals surface area contributed by atoms with Crippen molar-refractivity contribution < 1.29 is 0 Å².